The standard InChI is InChI=1S/C24H27ClN4O5S2/c1-34-14-13-29-20-8-7-18(25)15-21(20)35-24(29)26-22(30)16-36(32,33)17-23(31)28-11-9-27(10-12-28)19-5-3-2-4-6-19/h2-8,15H,9-14,16-17H2,1H3. The first kappa shape index (κ1) is 26.3. The van der Waals surface area contributed by atoms with Crippen molar-refractivity contribution in [3.05, 3.63) is 58.4 Å². The third-order valence-corrected chi connectivity index (χ3v) is 8.47. The Morgan fingerprint density at radius 2 is 1.78 bits per heavy atom. The van der Waals surface area contributed by atoms with Gasteiger partial charge in [0.25, 0.3) is 5.91 Å². The number of thiazole rings is 1. The second-order valence-electron chi connectivity index (χ2n) is 8.38. The lowest BCUT2D eigenvalue weighted by Crippen LogP contribution is -2.50. The number of rotatable bonds is 8. The molecule has 0 spiro atoms. The molecule has 0 atom stereocenters. The number of piperazine rings is 1. The highest BCUT2D eigenvalue weighted by Crippen LogP contribution is 2.22. The van der Waals surface area contributed by atoms with Gasteiger partial charge >= 0.3 is 0 Å². The van der Waals surface area contributed by atoms with Gasteiger partial charge in [-0.05, 0) is 30.3 Å². The maximum absolute atomic E-state index is 12.7. The lowest BCUT2D eigenvalue weighted by Gasteiger charge is -2.36. The molecule has 0 bridgehead atoms. The average molecular weight is 551 g/mol. The number of amides is 2. The molecule has 0 aliphatic carbocycles. The van der Waals surface area contributed by atoms with Crippen LogP contribution in [0.2, 0.25) is 5.02 Å². The van der Waals surface area contributed by atoms with Crippen LogP contribution in [0.15, 0.2) is 53.5 Å². The highest BCUT2D eigenvalue weighted by Gasteiger charge is 2.27. The van der Waals surface area contributed by atoms with E-state index in [1.807, 2.05) is 36.4 Å². The number of carbonyl (C=O) groups excluding carboxylic acids is 2. The second kappa shape index (κ2) is 11.5. The summed E-state index contributed by atoms with van der Waals surface area (Å²) in [6, 6.07) is 15.2. The first-order chi connectivity index (χ1) is 17.3. The molecular weight excluding hydrogens is 524 g/mol. The number of sulfone groups is 1. The molecular formula is C24H27ClN4O5S2. The minimum absolute atomic E-state index is 0.355. The molecule has 0 N–H and O–H groups in total. The molecule has 2 amide bonds. The highest BCUT2D eigenvalue weighted by atomic mass is 35.5. The molecule has 1 aliphatic rings. The van der Waals surface area contributed by atoms with E-state index in [1.54, 1.807) is 23.8 Å². The van der Waals surface area contributed by atoms with Crippen LogP contribution in [0.4, 0.5) is 5.69 Å². The van der Waals surface area contributed by atoms with Crippen LogP contribution in [0.3, 0.4) is 0 Å². The summed E-state index contributed by atoms with van der Waals surface area (Å²) in [6.45, 7) is 2.89. The topological polar surface area (TPSA) is 101 Å². The van der Waals surface area contributed by atoms with E-state index in [2.05, 4.69) is 9.89 Å². The molecule has 36 heavy (non-hydrogen) atoms. The minimum atomic E-state index is -3.98. The smallest absolute Gasteiger partial charge is 0.263 e. The molecule has 1 fully saturated rings. The number of benzene rings is 2. The molecule has 2 heterocycles. The summed E-state index contributed by atoms with van der Waals surface area (Å²) in [5, 5.41) is 0.547. The fraction of sp³-hybridized carbons (Fsp3) is 0.375. The Morgan fingerprint density at radius 1 is 1.06 bits per heavy atom. The van der Waals surface area contributed by atoms with Gasteiger partial charge in [0.15, 0.2) is 14.6 Å². The van der Waals surface area contributed by atoms with Crippen LogP contribution in [0.5, 0.6) is 0 Å². The lowest BCUT2D eigenvalue weighted by atomic mass is 10.2. The van der Waals surface area contributed by atoms with Gasteiger partial charge in [-0.25, -0.2) is 8.42 Å². The summed E-state index contributed by atoms with van der Waals surface area (Å²) in [4.78, 5) is 33.4. The molecule has 9 nitrogen and oxygen atoms in total. The Bertz CT molecular complexity index is 1410. The lowest BCUT2D eigenvalue weighted by molar-refractivity contribution is -0.128. The van der Waals surface area contributed by atoms with Crippen LogP contribution in [0, 0.1) is 0 Å². The monoisotopic (exact) mass is 550 g/mol. The van der Waals surface area contributed by atoms with Crippen LogP contribution in [-0.2, 0) is 30.7 Å². The molecule has 1 saturated heterocycles. The fourth-order valence-electron chi connectivity index (χ4n) is 4.04. The van der Waals surface area contributed by atoms with Crippen molar-refractivity contribution in [2.75, 3.05) is 56.3 Å². The third kappa shape index (κ3) is 6.52. The maximum atomic E-state index is 12.7. The number of aromatic nitrogens is 1. The van der Waals surface area contributed by atoms with E-state index in [9.17, 15) is 18.0 Å². The van der Waals surface area contributed by atoms with Gasteiger partial charge < -0.3 is 19.1 Å². The molecule has 3 aromatic rings. The van der Waals surface area contributed by atoms with E-state index in [-0.39, 0.29) is 0 Å². The quantitative estimate of drug-likeness (QED) is 0.426. The molecule has 0 unspecified atom stereocenters. The van der Waals surface area contributed by atoms with Crippen molar-refractivity contribution in [3.63, 3.8) is 0 Å². The molecule has 2 aromatic carbocycles. The Labute approximate surface area is 218 Å². The van der Waals surface area contributed by atoms with Crippen molar-refractivity contribution < 1.29 is 22.7 Å². The van der Waals surface area contributed by atoms with Crippen LogP contribution < -0.4 is 9.70 Å². The number of methoxy groups -OCH3 is 1. The van der Waals surface area contributed by atoms with Gasteiger partial charge in [-0.15, -0.1) is 0 Å². The molecule has 0 radical (unpaired) electrons. The van der Waals surface area contributed by atoms with Gasteiger partial charge in [-0.1, -0.05) is 41.1 Å². The van der Waals surface area contributed by atoms with Crippen LogP contribution in [0.25, 0.3) is 10.2 Å². The van der Waals surface area contributed by atoms with Crippen molar-refractivity contribution >= 4 is 60.5 Å². The van der Waals surface area contributed by atoms with Crippen molar-refractivity contribution in [2.45, 2.75) is 6.54 Å². The van der Waals surface area contributed by atoms with Crippen molar-refractivity contribution in [3.8, 4) is 0 Å². The van der Waals surface area contributed by atoms with E-state index in [4.69, 9.17) is 16.3 Å². The van der Waals surface area contributed by atoms with E-state index < -0.39 is 33.2 Å². The van der Waals surface area contributed by atoms with Gasteiger partial charge in [0.1, 0.15) is 11.5 Å². The van der Waals surface area contributed by atoms with E-state index in [0.717, 1.165) is 15.9 Å². The zero-order valence-electron chi connectivity index (χ0n) is 19.8. The number of anilines is 1. The zero-order chi connectivity index (χ0) is 25.7. The number of hydrogen-bond donors (Lipinski definition) is 0. The summed E-state index contributed by atoms with van der Waals surface area (Å²) in [7, 11) is -2.41. The predicted octanol–water partition coefficient (Wildman–Crippen LogP) is 2.19. The Balaban J connectivity index is 1.41. The number of para-hydroxylation sites is 1. The molecule has 4 rings (SSSR count). The maximum Gasteiger partial charge on any atom is 0.263 e. The number of ether oxygens (including phenoxy) is 1. The SMILES string of the molecule is COCCn1c(=NC(=O)CS(=O)(=O)CC(=O)N2CCN(c3ccccc3)CC2)sc2cc(Cl)ccc21. The van der Waals surface area contributed by atoms with Crippen LogP contribution in [0.1, 0.15) is 0 Å². The molecule has 12 heteroatoms. The van der Waals surface area contributed by atoms with E-state index in [0.29, 0.717) is 49.2 Å². The summed E-state index contributed by atoms with van der Waals surface area (Å²) in [5.41, 5.74) is 1.89. The second-order valence-corrected chi connectivity index (χ2v) is 11.9. The van der Waals surface area contributed by atoms with Gasteiger partial charge in [0, 0.05) is 50.5 Å². The Morgan fingerprint density at radius 3 is 2.47 bits per heavy atom. The molecule has 1 aliphatic heterocycles. The molecule has 1 aromatic heterocycles. The Kier molecular flexibility index (Phi) is 8.45. The van der Waals surface area contributed by atoms with Crippen molar-refractivity contribution in [1.29, 1.82) is 0 Å². The number of carbonyl (C=O) groups is 2. The van der Waals surface area contributed by atoms with Gasteiger partial charge in [-0.2, -0.15) is 4.99 Å². The van der Waals surface area contributed by atoms with E-state index in [1.165, 1.54) is 16.2 Å². The number of fused-ring (bicyclic) bond motifs is 1. The largest absolute Gasteiger partial charge is 0.383 e. The van der Waals surface area contributed by atoms with Crippen LogP contribution >= 0.6 is 22.9 Å². The van der Waals surface area contributed by atoms with Gasteiger partial charge in [0.2, 0.25) is 5.91 Å². The molecule has 0 saturated carbocycles. The third-order valence-electron chi connectivity index (χ3n) is 5.82. The normalized spacial score (nSPS) is 15.0. The van der Waals surface area contributed by atoms with Crippen LogP contribution in [-0.4, -0.2) is 81.1 Å². The first-order valence-corrected chi connectivity index (χ1v) is 14.4. The number of hydrogen-bond acceptors (Lipinski definition) is 7. The minimum Gasteiger partial charge on any atom is -0.383 e. The van der Waals surface area contributed by atoms with Gasteiger partial charge in [-0.3, -0.25) is 9.59 Å². The zero-order valence-corrected chi connectivity index (χ0v) is 22.2. The summed E-state index contributed by atoms with van der Waals surface area (Å²) >= 11 is 7.33. The highest BCUT2D eigenvalue weighted by molar-refractivity contribution is 7.92. The number of halogens is 1. The first-order valence-electron chi connectivity index (χ1n) is 11.4. The van der Waals surface area contributed by atoms with Crippen molar-refractivity contribution in [1.82, 2.24) is 9.47 Å². The van der Waals surface area contributed by atoms with Gasteiger partial charge in [0.05, 0.1) is 16.8 Å². The molecule has 192 valence electrons. The Hall–Kier alpha value is -2.73. The average Bonchev–Trinajstić information content (AvgIpc) is 3.18. The fourth-order valence-corrected chi connectivity index (χ4v) is 6.49. The summed E-state index contributed by atoms with van der Waals surface area (Å²) < 4.78 is 33.1. The number of nitrogens with zero attached hydrogens (tertiary/aromatic N) is 4. The summed E-state index contributed by atoms with van der Waals surface area (Å²) in [5.74, 6) is -2.87. The van der Waals surface area contributed by atoms with E-state index >= 15 is 0 Å². The van der Waals surface area contributed by atoms with Crippen molar-refractivity contribution in [2.24, 2.45) is 4.99 Å². The summed E-state index contributed by atoms with van der Waals surface area (Å²) in [6.07, 6.45) is 0. The predicted molar refractivity (Wildman–Crippen MR) is 141 cm³/mol.